The van der Waals surface area contributed by atoms with Crippen LogP contribution in [0.15, 0.2) is 6.33 Å². The third kappa shape index (κ3) is 2.01. The van der Waals surface area contributed by atoms with Gasteiger partial charge in [0, 0.05) is 13.5 Å². The fourth-order valence-corrected chi connectivity index (χ4v) is 2.63. The summed E-state index contributed by atoms with van der Waals surface area (Å²) in [6, 6.07) is 0. The van der Waals surface area contributed by atoms with Gasteiger partial charge in [0.05, 0.1) is 12.7 Å². The molecule has 0 aromatic carbocycles. The van der Waals surface area contributed by atoms with Crippen molar-refractivity contribution in [3.63, 3.8) is 0 Å². The fraction of sp³-hybridized carbons (Fsp3) is 0.545. The Morgan fingerprint density at radius 1 is 1.55 bits per heavy atom. The Morgan fingerprint density at radius 3 is 3.00 bits per heavy atom. The van der Waals surface area contributed by atoms with Crippen LogP contribution in [0.1, 0.15) is 12.6 Å². The highest BCUT2D eigenvalue weighted by Crippen LogP contribution is 2.34. The molecule has 3 heterocycles. The molecule has 0 bridgehead atoms. The Bertz CT molecular complexity index is 634. The number of halogens is 1. The molecule has 1 saturated heterocycles. The Kier molecular flexibility index (Phi) is 3.47. The van der Waals surface area contributed by atoms with Crippen LogP contribution in [0.4, 0.5) is 5.82 Å². The van der Waals surface area contributed by atoms with Gasteiger partial charge in [0.25, 0.3) is 0 Å². The number of aromatic nitrogens is 4. The van der Waals surface area contributed by atoms with E-state index >= 15 is 0 Å². The van der Waals surface area contributed by atoms with Crippen molar-refractivity contribution in [3.8, 4) is 0 Å². The molecule has 3 rings (SSSR count). The summed E-state index contributed by atoms with van der Waals surface area (Å²) < 4.78 is 7.18. The molecule has 8 nitrogen and oxygen atoms in total. The Morgan fingerprint density at radius 2 is 2.35 bits per heavy atom. The smallest absolute Gasteiger partial charge is 0.207 e. The van der Waals surface area contributed by atoms with E-state index in [-0.39, 0.29) is 11.9 Å². The van der Waals surface area contributed by atoms with Crippen molar-refractivity contribution in [2.45, 2.75) is 24.9 Å². The molecule has 0 amide bonds. The highest BCUT2D eigenvalue weighted by molar-refractivity contribution is 6.29. The van der Waals surface area contributed by atoms with Crippen molar-refractivity contribution in [2.75, 3.05) is 19.0 Å². The highest BCUT2D eigenvalue weighted by Gasteiger charge is 2.36. The van der Waals surface area contributed by atoms with Gasteiger partial charge in [-0.3, -0.25) is 4.57 Å². The first-order valence-corrected chi connectivity index (χ1v) is 6.54. The quantitative estimate of drug-likeness (QED) is 0.693. The van der Waals surface area contributed by atoms with Crippen LogP contribution in [0.3, 0.4) is 0 Å². The van der Waals surface area contributed by atoms with Crippen molar-refractivity contribution in [1.29, 1.82) is 0 Å². The molecular weight excluding hydrogens is 286 g/mol. The van der Waals surface area contributed by atoms with Gasteiger partial charge < -0.3 is 20.3 Å². The van der Waals surface area contributed by atoms with Gasteiger partial charge in [-0.2, -0.15) is 0 Å². The Hall–Kier alpha value is -1.48. The molecule has 0 aliphatic carbocycles. The first-order valence-electron chi connectivity index (χ1n) is 6.16. The summed E-state index contributed by atoms with van der Waals surface area (Å²) in [6.45, 7) is -0.251. The van der Waals surface area contributed by atoms with Crippen LogP contribution in [-0.4, -0.2) is 55.6 Å². The lowest BCUT2D eigenvalue weighted by atomic mass is 10.2. The van der Waals surface area contributed by atoms with Crippen LogP contribution < -0.4 is 5.32 Å². The van der Waals surface area contributed by atoms with Crippen molar-refractivity contribution in [1.82, 2.24) is 19.5 Å². The summed E-state index contributed by atoms with van der Waals surface area (Å²) in [7, 11) is 1.73. The van der Waals surface area contributed by atoms with E-state index in [0.29, 0.717) is 23.4 Å². The molecule has 2 aromatic heterocycles. The lowest BCUT2D eigenvalue weighted by Gasteiger charge is -2.14. The number of ether oxygens (including phenoxy) is 1. The maximum absolute atomic E-state index is 9.81. The molecule has 3 atom stereocenters. The topological polar surface area (TPSA) is 105 Å². The molecule has 2 aromatic rings. The van der Waals surface area contributed by atoms with Gasteiger partial charge in [0.15, 0.2) is 17.0 Å². The largest absolute Gasteiger partial charge is 0.394 e. The number of imidazole rings is 1. The van der Waals surface area contributed by atoms with Crippen LogP contribution in [-0.2, 0) is 4.74 Å². The standard InChI is InChI=1S/C11H14ClN5O3/c1-13-9-8-10(15-4-14-9)17(11(12)16-8)7-2-5(19)6(3-18)20-7/h4-7,18-19H,2-3H2,1H3,(H,13,14,15)/t5-,6+,7+/m1/s1. The molecule has 1 fully saturated rings. The molecule has 0 radical (unpaired) electrons. The van der Waals surface area contributed by atoms with Gasteiger partial charge in [-0.1, -0.05) is 0 Å². The summed E-state index contributed by atoms with van der Waals surface area (Å²) in [5.41, 5.74) is 1.05. The number of hydrogen-bond acceptors (Lipinski definition) is 7. The summed E-state index contributed by atoms with van der Waals surface area (Å²) in [6.07, 6.45) is -0.171. The number of aliphatic hydroxyl groups excluding tert-OH is 2. The summed E-state index contributed by atoms with van der Waals surface area (Å²) in [4.78, 5) is 12.5. The van der Waals surface area contributed by atoms with Gasteiger partial charge in [0.1, 0.15) is 18.7 Å². The summed E-state index contributed by atoms with van der Waals surface area (Å²) in [5, 5.41) is 22.1. The van der Waals surface area contributed by atoms with E-state index in [1.54, 1.807) is 11.6 Å². The van der Waals surface area contributed by atoms with Crippen molar-refractivity contribution < 1.29 is 14.9 Å². The van der Waals surface area contributed by atoms with Crippen LogP contribution in [0.2, 0.25) is 5.28 Å². The molecule has 20 heavy (non-hydrogen) atoms. The third-order valence-electron chi connectivity index (χ3n) is 3.34. The first-order chi connectivity index (χ1) is 9.65. The van der Waals surface area contributed by atoms with Gasteiger partial charge >= 0.3 is 0 Å². The number of fused-ring (bicyclic) bond motifs is 1. The van der Waals surface area contributed by atoms with E-state index < -0.39 is 18.4 Å². The first kappa shape index (κ1) is 13.5. The van der Waals surface area contributed by atoms with Gasteiger partial charge in [-0.15, -0.1) is 0 Å². The maximum Gasteiger partial charge on any atom is 0.207 e. The molecule has 9 heteroatoms. The van der Waals surface area contributed by atoms with Crippen LogP contribution in [0.5, 0.6) is 0 Å². The minimum atomic E-state index is -0.746. The van der Waals surface area contributed by atoms with Gasteiger partial charge in [-0.05, 0) is 11.6 Å². The minimum absolute atomic E-state index is 0.202. The molecule has 108 valence electrons. The molecule has 1 aliphatic heterocycles. The van der Waals surface area contributed by atoms with E-state index in [2.05, 4.69) is 20.3 Å². The zero-order valence-electron chi connectivity index (χ0n) is 10.7. The second kappa shape index (κ2) is 5.13. The second-order valence-corrected chi connectivity index (χ2v) is 4.85. The number of rotatable bonds is 3. The normalized spacial score (nSPS) is 26.3. The van der Waals surface area contributed by atoms with E-state index in [1.165, 1.54) is 6.33 Å². The number of nitrogens with one attached hydrogen (secondary N) is 1. The summed E-state index contributed by atoms with van der Waals surface area (Å²) >= 11 is 6.15. The average molecular weight is 300 g/mol. The monoisotopic (exact) mass is 299 g/mol. The third-order valence-corrected chi connectivity index (χ3v) is 3.61. The van der Waals surface area contributed by atoms with Crippen LogP contribution in [0.25, 0.3) is 11.2 Å². The van der Waals surface area contributed by atoms with E-state index in [0.717, 1.165) is 0 Å². The minimum Gasteiger partial charge on any atom is -0.394 e. The predicted molar refractivity (Wildman–Crippen MR) is 71.5 cm³/mol. The molecule has 0 unspecified atom stereocenters. The van der Waals surface area contributed by atoms with E-state index in [4.69, 9.17) is 21.4 Å². The number of aliphatic hydroxyl groups is 2. The van der Waals surface area contributed by atoms with Crippen molar-refractivity contribution >= 4 is 28.6 Å². The van der Waals surface area contributed by atoms with Gasteiger partial charge in [0.2, 0.25) is 5.28 Å². The molecule has 3 N–H and O–H groups in total. The highest BCUT2D eigenvalue weighted by atomic mass is 35.5. The Labute approximate surface area is 119 Å². The Balaban J connectivity index is 2.06. The van der Waals surface area contributed by atoms with Crippen molar-refractivity contribution in [3.05, 3.63) is 11.6 Å². The number of hydrogen-bond donors (Lipinski definition) is 3. The average Bonchev–Trinajstić information content (AvgIpc) is 2.97. The lowest BCUT2D eigenvalue weighted by molar-refractivity contribution is -0.0431. The molecule has 0 saturated carbocycles. The second-order valence-electron chi connectivity index (χ2n) is 4.51. The molecule has 0 spiro atoms. The van der Waals surface area contributed by atoms with Gasteiger partial charge in [-0.25, -0.2) is 15.0 Å². The molecular formula is C11H14ClN5O3. The maximum atomic E-state index is 9.81. The lowest BCUT2D eigenvalue weighted by Crippen LogP contribution is -2.24. The molecule has 1 aliphatic rings. The van der Waals surface area contributed by atoms with Crippen LogP contribution >= 0.6 is 11.6 Å². The van der Waals surface area contributed by atoms with Crippen LogP contribution in [0, 0.1) is 0 Å². The summed E-state index contributed by atoms with van der Waals surface area (Å²) in [5.74, 6) is 0.563. The fourth-order valence-electron chi connectivity index (χ4n) is 2.36. The van der Waals surface area contributed by atoms with E-state index in [1.807, 2.05) is 0 Å². The zero-order chi connectivity index (χ0) is 14.3. The van der Waals surface area contributed by atoms with E-state index in [9.17, 15) is 5.11 Å². The van der Waals surface area contributed by atoms with Crippen molar-refractivity contribution in [2.24, 2.45) is 0 Å². The SMILES string of the molecule is CNc1ncnc2c1nc(Cl)n2[C@@H]1C[C@@H](O)[C@H](CO)O1. The number of nitrogens with zero attached hydrogens (tertiary/aromatic N) is 4. The number of anilines is 1. The predicted octanol–water partition coefficient (Wildman–Crippen LogP) is 0.162. The zero-order valence-corrected chi connectivity index (χ0v) is 11.4.